The second kappa shape index (κ2) is 6.36. The summed E-state index contributed by atoms with van der Waals surface area (Å²) >= 11 is 1.59. The van der Waals surface area contributed by atoms with E-state index in [1.807, 2.05) is 25.3 Å². The summed E-state index contributed by atoms with van der Waals surface area (Å²) < 4.78 is 0. The van der Waals surface area contributed by atoms with Crippen LogP contribution in [0.25, 0.3) is 0 Å². The number of anilines is 1. The second-order valence-corrected chi connectivity index (χ2v) is 4.48. The van der Waals surface area contributed by atoms with Crippen LogP contribution in [0.5, 0.6) is 0 Å². The van der Waals surface area contributed by atoms with Gasteiger partial charge in [0.15, 0.2) is 5.69 Å². The van der Waals surface area contributed by atoms with E-state index < -0.39 is 0 Å². The zero-order valence-electron chi connectivity index (χ0n) is 9.34. The molecule has 0 fully saturated rings. The third-order valence-electron chi connectivity index (χ3n) is 2.34. The van der Waals surface area contributed by atoms with Crippen molar-refractivity contribution in [2.45, 2.75) is 18.2 Å². The topological polar surface area (TPSA) is 68.9 Å². The van der Waals surface area contributed by atoms with Crippen LogP contribution in [0.1, 0.15) is 12.6 Å². The molecular weight excluding hydrogens is 222 g/mol. The zero-order valence-corrected chi connectivity index (χ0v) is 10.2. The standard InChI is InChI=1S/C11H15N3OS/c1-8(11(7-15)16-2)14-9-4-3-5-13-10(9)6-12/h3-5,8,11,14-15H,7H2,1-2H3. The summed E-state index contributed by atoms with van der Waals surface area (Å²) in [4.78, 5) is 3.97. The molecule has 0 aliphatic carbocycles. The minimum Gasteiger partial charge on any atom is -0.395 e. The smallest absolute Gasteiger partial charge is 0.163 e. The van der Waals surface area contributed by atoms with Crippen molar-refractivity contribution in [3.8, 4) is 6.07 Å². The molecule has 1 aromatic heterocycles. The molecule has 0 saturated heterocycles. The molecule has 0 aliphatic rings. The normalized spacial score (nSPS) is 13.9. The molecule has 1 heterocycles. The SMILES string of the molecule is CSC(CO)C(C)Nc1cccnc1C#N. The third kappa shape index (κ3) is 3.12. The Morgan fingerprint density at radius 2 is 2.44 bits per heavy atom. The highest BCUT2D eigenvalue weighted by Gasteiger charge is 2.16. The first-order chi connectivity index (χ1) is 7.72. The molecule has 0 aliphatic heterocycles. The van der Waals surface area contributed by atoms with Crippen LogP contribution in [0, 0.1) is 11.3 Å². The van der Waals surface area contributed by atoms with Gasteiger partial charge >= 0.3 is 0 Å². The Hall–Kier alpha value is -1.25. The summed E-state index contributed by atoms with van der Waals surface area (Å²) in [7, 11) is 0. The molecule has 0 radical (unpaired) electrons. The maximum absolute atomic E-state index is 9.16. The first-order valence-corrected chi connectivity index (χ1v) is 6.27. The Labute approximate surface area is 99.7 Å². The van der Waals surface area contributed by atoms with E-state index in [1.54, 1.807) is 24.0 Å². The molecule has 2 atom stereocenters. The van der Waals surface area contributed by atoms with Crippen molar-refractivity contribution >= 4 is 17.4 Å². The van der Waals surface area contributed by atoms with Crippen molar-refractivity contribution < 1.29 is 5.11 Å². The lowest BCUT2D eigenvalue weighted by atomic mass is 10.2. The highest BCUT2D eigenvalue weighted by atomic mass is 32.2. The van der Waals surface area contributed by atoms with E-state index in [1.165, 1.54) is 0 Å². The average molecular weight is 237 g/mol. The quantitative estimate of drug-likeness (QED) is 0.811. The van der Waals surface area contributed by atoms with Crippen LogP contribution >= 0.6 is 11.8 Å². The monoisotopic (exact) mass is 237 g/mol. The first-order valence-electron chi connectivity index (χ1n) is 4.98. The van der Waals surface area contributed by atoms with Crippen molar-refractivity contribution in [1.29, 1.82) is 5.26 Å². The van der Waals surface area contributed by atoms with Gasteiger partial charge in [0, 0.05) is 17.5 Å². The van der Waals surface area contributed by atoms with Crippen LogP contribution in [0.15, 0.2) is 18.3 Å². The van der Waals surface area contributed by atoms with Gasteiger partial charge in [0.05, 0.1) is 12.3 Å². The summed E-state index contributed by atoms with van der Waals surface area (Å²) in [5.41, 5.74) is 1.09. The van der Waals surface area contributed by atoms with Gasteiger partial charge in [-0.05, 0) is 25.3 Å². The largest absolute Gasteiger partial charge is 0.395 e. The Kier molecular flexibility index (Phi) is 5.09. The first kappa shape index (κ1) is 12.8. The number of aromatic nitrogens is 1. The average Bonchev–Trinajstić information content (AvgIpc) is 2.31. The highest BCUT2D eigenvalue weighted by Crippen LogP contribution is 2.17. The zero-order chi connectivity index (χ0) is 12.0. The van der Waals surface area contributed by atoms with Crippen LogP contribution in [0.2, 0.25) is 0 Å². The molecule has 4 nitrogen and oxygen atoms in total. The number of aliphatic hydroxyl groups excluding tert-OH is 1. The summed E-state index contributed by atoms with van der Waals surface area (Å²) in [6.45, 7) is 2.09. The minimum absolute atomic E-state index is 0.0799. The molecule has 86 valence electrons. The number of nitrogens with one attached hydrogen (secondary N) is 1. The van der Waals surface area contributed by atoms with Gasteiger partial charge in [-0.2, -0.15) is 17.0 Å². The van der Waals surface area contributed by atoms with Gasteiger partial charge in [0.2, 0.25) is 0 Å². The Balaban J connectivity index is 2.76. The number of aliphatic hydroxyl groups is 1. The van der Waals surface area contributed by atoms with E-state index in [0.29, 0.717) is 11.4 Å². The molecule has 0 aromatic carbocycles. The molecule has 16 heavy (non-hydrogen) atoms. The number of thioether (sulfide) groups is 1. The number of nitriles is 1. The molecule has 2 unspecified atom stereocenters. The fourth-order valence-corrected chi connectivity index (χ4v) is 2.01. The lowest BCUT2D eigenvalue weighted by Crippen LogP contribution is -2.31. The molecule has 0 spiro atoms. The third-order valence-corrected chi connectivity index (χ3v) is 3.50. The van der Waals surface area contributed by atoms with E-state index in [2.05, 4.69) is 10.3 Å². The fourth-order valence-electron chi connectivity index (χ4n) is 1.39. The maximum atomic E-state index is 9.16. The number of rotatable bonds is 5. The van der Waals surface area contributed by atoms with Crippen LogP contribution < -0.4 is 5.32 Å². The van der Waals surface area contributed by atoms with Crippen LogP contribution in [-0.2, 0) is 0 Å². The molecule has 1 aromatic rings. The van der Waals surface area contributed by atoms with Crippen LogP contribution in [0.3, 0.4) is 0 Å². The van der Waals surface area contributed by atoms with Gasteiger partial charge in [-0.1, -0.05) is 0 Å². The second-order valence-electron chi connectivity index (χ2n) is 3.40. The predicted molar refractivity (Wildman–Crippen MR) is 66.4 cm³/mol. The Morgan fingerprint density at radius 1 is 1.69 bits per heavy atom. The molecule has 5 heteroatoms. The van der Waals surface area contributed by atoms with Crippen molar-refractivity contribution in [3.63, 3.8) is 0 Å². The van der Waals surface area contributed by atoms with Gasteiger partial charge in [-0.25, -0.2) is 4.98 Å². The fraction of sp³-hybridized carbons (Fsp3) is 0.455. The predicted octanol–water partition coefficient (Wildman–Crippen LogP) is 1.48. The van der Waals surface area contributed by atoms with E-state index in [9.17, 15) is 0 Å². The van der Waals surface area contributed by atoms with Crippen molar-refractivity contribution in [3.05, 3.63) is 24.0 Å². The molecule has 0 bridgehead atoms. The van der Waals surface area contributed by atoms with E-state index in [4.69, 9.17) is 10.4 Å². The van der Waals surface area contributed by atoms with Crippen molar-refractivity contribution in [1.82, 2.24) is 4.98 Å². The molecule has 0 amide bonds. The number of hydrogen-bond donors (Lipinski definition) is 2. The number of pyridine rings is 1. The van der Waals surface area contributed by atoms with Crippen LogP contribution in [0.4, 0.5) is 5.69 Å². The van der Waals surface area contributed by atoms with Gasteiger partial charge in [-0.15, -0.1) is 0 Å². The Morgan fingerprint density at radius 3 is 3.00 bits per heavy atom. The number of nitrogens with zero attached hydrogens (tertiary/aromatic N) is 2. The van der Waals surface area contributed by atoms with E-state index in [-0.39, 0.29) is 17.9 Å². The number of hydrogen-bond acceptors (Lipinski definition) is 5. The molecule has 0 saturated carbocycles. The highest BCUT2D eigenvalue weighted by molar-refractivity contribution is 7.99. The molecule has 2 N–H and O–H groups in total. The van der Waals surface area contributed by atoms with Gasteiger partial charge in [-0.3, -0.25) is 0 Å². The summed E-state index contributed by atoms with van der Waals surface area (Å²) in [5.74, 6) is 0. The van der Waals surface area contributed by atoms with Gasteiger partial charge in [0.1, 0.15) is 6.07 Å². The van der Waals surface area contributed by atoms with E-state index >= 15 is 0 Å². The Bertz CT molecular complexity index is 374. The van der Waals surface area contributed by atoms with E-state index in [0.717, 1.165) is 0 Å². The van der Waals surface area contributed by atoms with Gasteiger partial charge in [0.25, 0.3) is 0 Å². The van der Waals surface area contributed by atoms with Crippen molar-refractivity contribution in [2.24, 2.45) is 0 Å². The lowest BCUT2D eigenvalue weighted by molar-refractivity contribution is 0.288. The lowest BCUT2D eigenvalue weighted by Gasteiger charge is -2.22. The van der Waals surface area contributed by atoms with Crippen LogP contribution in [-0.4, -0.2) is 34.2 Å². The minimum atomic E-state index is 0.0799. The summed E-state index contributed by atoms with van der Waals surface area (Å²) in [6, 6.07) is 5.71. The van der Waals surface area contributed by atoms with Gasteiger partial charge < -0.3 is 10.4 Å². The maximum Gasteiger partial charge on any atom is 0.163 e. The summed E-state index contributed by atoms with van der Waals surface area (Å²) in [6.07, 6.45) is 3.54. The molecule has 1 rings (SSSR count). The summed E-state index contributed by atoms with van der Waals surface area (Å²) in [5, 5.41) is 21.3. The molecular formula is C11H15N3OS. The van der Waals surface area contributed by atoms with Crippen molar-refractivity contribution in [2.75, 3.05) is 18.2 Å².